The van der Waals surface area contributed by atoms with Crippen LogP contribution in [0.1, 0.15) is 58.1 Å². The van der Waals surface area contributed by atoms with E-state index in [0.29, 0.717) is 25.2 Å². The van der Waals surface area contributed by atoms with Crippen molar-refractivity contribution in [3.63, 3.8) is 0 Å². The zero-order valence-corrected chi connectivity index (χ0v) is 20.2. The van der Waals surface area contributed by atoms with E-state index in [0.717, 1.165) is 43.7 Å². The minimum Gasteiger partial charge on any atom is -0.356 e. The Morgan fingerprint density at radius 1 is 0.971 bits per heavy atom. The van der Waals surface area contributed by atoms with Crippen LogP contribution in [-0.2, 0) is 4.79 Å². The number of nitrogens with zero attached hydrogens (tertiary/aromatic N) is 4. The number of piperidine rings is 1. The average Bonchev–Trinajstić information content (AvgIpc) is 3.55. The van der Waals surface area contributed by atoms with Crippen LogP contribution in [-0.4, -0.2) is 77.0 Å². The first kappa shape index (κ1) is 24.3. The van der Waals surface area contributed by atoms with Crippen LogP contribution in [0.5, 0.6) is 0 Å². The summed E-state index contributed by atoms with van der Waals surface area (Å²) in [6.07, 6.45) is 5.65. The van der Waals surface area contributed by atoms with E-state index < -0.39 is 0 Å². The fourth-order valence-electron chi connectivity index (χ4n) is 4.45. The van der Waals surface area contributed by atoms with E-state index >= 15 is 0 Å². The van der Waals surface area contributed by atoms with Gasteiger partial charge in [-0.2, -0.15) is 0 Å². The number of carbonyl (C=O) groups excluding carboxylic acids is 3. The van der Waals surface area contributed by atoms with Crippen molar-refractivity contribution in [2.45, 2.75) is 38.5 Å². The molecule has 2 aliphatic rings. The highest BCUT2D eigenvalue weighted by atomic mass is 32.1. The van der Waals surface area contributed by atoms with E-state index in [1.165, 1.54) is 25.9 Å². The Labute approximate surface area is 203 Å². The second-order valence-corrected chi connectivity index (χ2v) is 9.90. The van der Waals surface area contributed by atoms with Crippen molar-refractivity contribution in [3.8, 4) is 0 Å². The summed E-state index contributed by atoms with van der Waals surface area (Å²) >= 11 is 1.00. The first-order chi connectivity index (χ1) is 16.6. The summed E-state index contributed by atoms with van der Waals surface area (Å²) in [6.45, 7) is 5.31. The molecule has 0 atom stereocenters. The van der Waals surface area contributed by atoms with Crippen LogP contribution in [0, 0.1) is 5.92 Å². The van der Waals surface area contributed by atoms with E-state index in [4.69, 9.17) is 0 Å². The van der Waals surface area contributed by atoms with Crippen LogP contribution < -0.4 is 10.6 Å². The van der Waals surface area contributed by atoms with E-state index in [1.807, 2.05) is 18.2 Å². The zero-order chi connectivity index (χ0) is 23.8. The summed E-state index contributed by atoms with van der Waals surface area (Å²) in [4.78, 5) is 41.7. The number of para-hydroxylation sites is 1. The summed E-state index contributed by atoms with van der Waals surface area (Å²) in [5, 5.41) is 14.0. The van der Waals surface area contributed by atoms with E-state index in [-0.39, 0.29) is 33.7 Å². The molecule has 4 rings (SSSR count). The van der Waals surface area contributed by atoms with Gasteiger partial charge in [0.25, 0.3) is 11.8 Å². The molecule has 2 aromatic rings. The quantitative estimate of drug-likeness (QED) is 0.530. The lowest BCUT2D eigenvalue weighted by Crippen LogP contribution is -2.39. The summed E-state index contributed by atoms with van der Waals surface area (Å²) < 4.78 is 0. The number of hydrogen-bond acceptors (Lipinski definition) is 7. The second kappa shape index (κ2) is 12.0. The monoisotopic (exact) mass is 484 g/mol. The average molecular weight is 485 g/mol. The van der Waals surface area contributed by atoms with Gasteiger partial charge < -0.3 is 20.4 Å². The third kappa shape index (κ3) is 6.83. The van der Waals surface area contributed by atoms with Crippen LogP contribution in [0.3, 0.4) is 0 Å². The number of rotatable bonds is 9. The number of nitrogens with one attached hydrogen (secondary N) is 2. The first-order valence-corrected chi connectivity index (χ1v) is 12.9. The number of aromatic nitrogens is 2. The Balaban J connectivity index is 1.16. The van der Waals surface area contributed by atoms with Gasteiger partial charge in [-0.05, 0) is 69.8 Å². The highest BCUT2D eigenvalue weighted by molar-refractivity contribution is 7.15. The van der Waals surface area contributed by atoms with E-state index in [1.54, 1.807) is 17.0 Å². The van der Waals surface area contributed by atoms with Crippen molar-refractivity contribution < 1.29 is 14.4 Å². The van der Waals surface area contributed by atoms with E-state index in [9.17, 15) is 14.4 Å². The molecule has 1 aromatic heterocycles. The van der Waals surface area contributed by atoms with Crippen molar-refractivity contribution in [2.75, 3.05) is 44.6 Å². The van der Waals surface area contributed by atoms with Gasteiger partial charge in [0, 0.05) is 31.7 Å². The lowest BCUT2D eigenvalue weighted by molar-refractivity contribution is -0.122. The van der Waals surface area contributed by atoms with Crippen molar-refractivity contribution in [1.82, 2.24) is 25.3 Å². The lowest BCUT2D eigenvalue weighted by atomic mass is 9.93. The molecule has 34 heavy (non-hydrogen) atoms. The van der Waals surface area contributed by atoms with E-state index in [2.05, 4.69) is 25.7 Å². The van der Waals surface area contributed by atoms with Gasteiger partial charge in [0.05, 0.1) is 0 Å². The molecule has 1 aromatic carbocycles. The normalized spacial score (nSPS) is 17.0. The molecule has 0 unspecified atom stereocenters. The van der Waals surface area contributed by atoms with Crippen molar-refractivity contribution in [2.24, 2.45) is 5.92 Å². The van der Waals surface area contributed by atoms with Crippen LogP contribution in [0.4, 0.5) is 5.69 Å². The Morgan fingerprint density at radius 3 is 2.41 bits per heavy atom. The number of likely N-dealkylation sites (tertiary alicyclic amines) is 2. The molecule has 2 aliphatic heterocycles. The highest BCUT2D eigenvalue weighted by Crippen LogP contribution is 2.23. The summed E-state index contributed by atoms with van der Waals surface area (Å²) in [5.41, 5.74) is 0.660. The predicted octanol–water partition coefficient (Wildman–Crippen LogP) is 2.63. The topological polar surface area (TPSA) is 108 Å². The molecule has 0 aliphatic carbocycles. The summed E-state index contributed by atoms with van der Waals surface area (Å²) in [6, 6.07) is 9.08. The number of amides is 3. The van der Waals surface area contributed by atoms with Crippen LogP contribution in [0.2, 0.25) is 0 Å². The molecule has 182 valence electrons. The molecule has 0 saturated carbocycles. The van der Waals surface area contributed by atoms with Crippen LogP contribution in [0.25, 0.3) is 0 Å². The molecule has 2 N–H and O–H groups in total. The summed E-state index contributed by atoms with van der Waals surface area (Å²) in [7, 11) is 0. The minimum absolute atomic E-state index is 0.101. The van der Waals surface area contributed by atoms with Crippen molar-refractivity contribution in [3.05, 3.63) is 40.3 Å². The standard InChI is InChI=1S/C24H32N6O3S/c31-20(25-11-6-14-29-12-4-5-13-29)17-18-9-15-30(16-10-18)24(33)23-28-27-22(34-23)21(32)26-19-7-2-1-3-8-19/h1-3,7-8,18H,4-6,9-17H2,(H,25,31)(H,26,32). The lowest BCUT2D eigenvalue weighted by Gasteiger charge is -2.31. The Morgan fingerprint density at radius 2 is 1.68 bits per heavy atom. The molecule has 10 heteroatoms. The maximum absolute atomic E-state index is 12.8. The van der Waals surface area contributed by atoms with Crippen LogP contribution in [0.15, 0.2) is 30.3 Å². The Kier molecular flexibility index (Phi) is 8.59. The maximum atomic E-state index is 12.8. The third-order valence-corrected chi connectivity index (χ3v) is 7.29. The smallest absolute Gasteiger partial charge is 0.286 e. The number of anilines is 1. The molecule has 9 nitrogen and oxygen atoms in total. The molecular weight excluding hydrogens is 452 g/mol. The molecule has 3 heterocycles. The highest BCUT2D eigenvalue weighted by Gasteiger charge is 2.28. The Bertz CT molecular complexity index is 968. The summed E-state index contributed by atoms with van der Waals surface area (Å²) in [5.74, 6) is -0.206. The van der Waals surface area contributed by atoms with Crippen LogP contribution >= 0.6 is 11.3 Å². The predicted molar refractivity (Wildman–Crippen MR) is 131 cm³/mol. The van der Waals surface area contributed by atoms with Gasteiger partial charge in [0.15, 0.2) is 0 Å². The number of benzene rings is 1. The van der Waals surface area contributed by atoms with Gasteiger partial charge >= 0.3 is 0 Å². The van der Waals surface area contributed by atoms with Crippen molar-refractivity contribution >= 4 is 34.7 Å². The fourth-order valence-corrected chi connectivity index (χ4v) is 5.16. The van der Waals surface area contributed by atoms with Gasteiger partial charge in [-0.3, -0.25) is 14.4 Å². The van der Waals surface area contributed by atoms with Crippen molar-refractivity contribution in [1.29, 1.82) is 0 Å². The van der Waals surface area contributed by atoms with Gasteiger partial charge in [-0.25, -0.2) is 0 Å². The van der Waals surface area contributed by atoms with Gasteiger partial charge in [-0.1, -0.05) is 29.5 Å². The Hall–Kier alpha value is -2.85. The largest absolute Gasteiger partial charge is 0.356 e. The maximum Gasteiger partial charge on any atom is 0.286 e. The number of hydrogen-bond donors (Lipinski definition) is 2. The molecule has 0 radical (unpaired) electrons. The number of carbonyl (C=O) groups is 3. The van der Waals surface area contributed by atoms with Gasteiger partial charge in [0.1, 0.15) is 0 Å². The molecule has 2 saturated heterocycles. The molecule has 3 amide bonds. The zero-order valence-electron chi connectivity index (χ0n) is 19.4. The van der Waals surface area contributed by atoms with Gasteiger partial charge in [-0.15, -0.1) is 10.2 Å². The third-order valence-electron chi connectivity index (χ3n) is 6.38. The molecule has 0 bridgehead atoms. The SMILES string of the molecule is O=C(CC1CCN(C(=O)c2nnc(C(=O)Nc3ccccc3)s2)CC1)NCCCN1CCCC1. The molecule has 0 spiro atoms. The second-order valence-electron chi connectivity index (χ2n) is 8.92. The molecular formula is C24H32N6O3S. The minimum atomic E-state index is -0.382. The first-order valence-electron chi connectivity index (χ1n) is 12.1. The van der Waals surface area contributed by atoms with Gasteiger partial charge in [0.2, 0.25) is 15.9 Å². The fraction of sp³-hybridized carbons (Fsp3) is 0.542. The molecule has 2 fully saturated rings.